The minimum absolute atomic E-state index is 0.185. The van der Waals surface area contributed by atoms with Crippen molar-refractivity contribution in [2.24, 2.45) is 5.41 Å². The number of carbonyl (C=O) groups excluding carboxylic acids is 2. The van der Waals surface area contributed by atoms with Gasteiger partial charge < -0.3 is 20.6 Å². The van der Waals surface area contributed by atoms with Gasteiger partial charge in [-0.25, -0.2) is 4.98 Å². The molecule has 3 heterocycles. The first-order valence-corrected chi connectivity index (χ1v) is 13.0. The molecular formula is C28H39N5O3. The van der Waals surface area contributed by atoms with Gasteiger partial charge >= 0.3 is 0 Å². The van der Waals surface area contributed by atoms with Crippen LogP contribution in [0.1, 0.15) is 55.1 Å². The van der Waals surface area contributed by atoms with Crippen molar-refractivity contribution in [2.45, 2.75) is 58.7 Å². The zero-order valence-electron chi connectivity index (χ0n) is 21.7. The molecule has 4 rings (SSSR count). The first-order valence-electron chi connectivity index (χ1n) is 13.0. The highest BCUT2D eigenvalue weighted by molar-refractivity contribution is 5.94. The Kier molecular flexibility index (Phi) is 8.26. The number of amides is 2. The Morgan fingerprint density at radius 2 is 1.83 bits per heavy atom. The van der Waals surface area contributed by atoms with Gasteiger partial charge in [-0.15, -0.1) is 0 Å². The minimum Gasteiger partial charge on any atom is -0.390 e. The molecule has 2 aromatic rings. The summed E-state index contributed by atoms with van der Waals surface area (Å²) in [6, 6.07) is 12.1. The lowest BCUT2D eigenvalue weighted by Crippen LogP contribution is -2.46. The highest BCUT2D eigenvalue weighted by atomic mass is 16.3. The zero-order chi connectivity index (χ0) is 25.7. The lowest BCUT2D eigenvalue weighted by atomic mass is 9.93. The molecular weight excluding hydrogens is 454 g/mol. The summed E-state index contributed by atoms with van der Waals surface area (Å²) in [5, 5.41) is 16.8. The van der Waals surface area contributed by atoms with Crippen LogP contribution in [0.25, 0.3) is 0 Å². The van der Waals surface area contributed by atoms with E-state index < -0.39 is 6.10 Å². The minimum atomic E-state index is -0.639. The van der Waals surface area contributed by atoms with E-state index in [2.05, 4.69) is 38.7 Å². The first-order chi connectivity index (χ1) is 17.2. The Morgan fingerprint density at radius 1 is 1.11 bits per heavy atom. The molecule has 0 radical (unpaired) electrons. The number of nitrogens with one attached hydrogen (secondary N) is 2. The predicted octanol–water partition coefficient (Wildman–Crippen LogP) is 2.68. The molecule has 1 unspecified atom stereocenters. The number of likely N-dealkylation sites (tertiary alicyclic amines) is 1. The number of aliphatic hydroxyl groups is 1. The van der Waals surface area contributed by atoms with Crippen LogP contribution in [0.2, 0.25) is 0 Å². The molecule has 2 amide bonds. The SMILES string of the molecule is CC(C)(C)C(=O)N1CCC(Nc2cc(C(=O)NCC(O)CN3CCc4ccccc4C3)ccn2)CC1. The normalized spacial score (nSPS) is 17.8. The number of piperidine rings is 1. The van der Waals surface area contributed by atoms with E-state index in [1.165, 1.54) is 11.1 Å². The van der Waals surface area contributed by atoms with Crippen LogP contribution in [0, 0.1) is 5.41 Å². The number of hydrogen-bond acceptors (Lipinski definition) is 6. The lowest BCUT2D eigenvalue weighted by Gasteiger charge is -2.36. The van der Waals surface area contributed by atoms with E-state index in [1.54, 1.807) is 18.3 Å². The number of fused-ring (bicyclic) bond motifs is 1. The lowest BCUT2D eigenvalue weighted by molar-refractivity contribution is -0.140. The van der Waals surface area contributed by atoms with Crippen molar-refractivity contribution in [1.82, 2.24) is 20.1 Å². The van der Waals surface area contributed by atoms with Gasteiger partial charge in [0, 0.05) is 62.5 Å². The Balaban J connectivity index is 1.22. The van der Waals surface area contributed by atoms with E-state index in [1.807, 2.05) is 31.7 Å². The number of aliphatic hydroxyl groups excluding tert-OH is 1. The number of β-amino-alcohol motifs (C(OH)–C–C–N with tert-alkyl or cyclic N) is 1. The van der Waals surface area contributed by atoms with Gasteiger partial charge in [0.25, 0.3) is 5.91 Å². The van der Waals surface area contributed by atoms with Gasteiger partial charge in [0.1, 0.15) is 5.82 Å². The molecule has 1 aromatic heterocycles. The van der Waals surface area contributed by atoms with Crippen LogP contribution in [-0.2, 0) is 17.8 Å². The van der Waals surface area contributed by atoms with E-state index in [0.29, 0.717) is 31.0 Å². The smallest absolute Gasteiger partial charge is 0.251 e. The van der Waals surface area contributed by atoms with Gasteiger partial charge in [-0.05, 0) is 42.5 Å². The topological polar surface area (TPSA) is 97.8 Å². The Bertz CT molecular complexity index is 1060. The van der Waals surface area contributed by atoms with Crippen LogP contribution < -0.4 is 10.6 Å². The highest BCUT2D eigenvalue weighted by Gasteiger charge is 2.30. The maximum Gasteiger partial charge on any atom is 0.251 e. The molecule has 2 aliphatic rings. The quantitative estimate of drug-likeness (QED) is 0.549. The fraction of sp³-hybridized carbons (Fsp3) is 0.536. The molecule has 1 aromatic carbocycles. The molecule has 1 saturated heterocycles. The molecule has 36 heavy (non-hydrogen) atoms. The number of pyridine rings is 1. The van der Waals surface area contributed by atoms with Crippen molar-refractivity contribution in [1.29, 1.82) is 0 Å². The van der Waals surface area contributed by atoms with Gasteiger partial charge in [0.2, 0.25) is 5.91 Å². The molecule has 0 saturated carbocycles. The van der Waals surface area contributed by atoms with Crippen LogP contribution in [0.15, 0.2) is 42.6 Å². The van der Waals surface area contributed by atoms with E-state index in [0.717, 1.165) is 32.4 Å². The van der Waals surface area contributed by atoms with Gasteiger partial charge in [-0.3, -0.25) is 14.5 Å². The average Bonchev–Trinajstić information content (AvgIpc) is 2.87. The average molecular weight is 494 g/mol. The maximum absolute atomic E-state index is 12.7. The number of aromatic nitrogens is 1. The van der Waals surface area contributed by atoms with Crippen molar-refractivity contribution in [2.75, 3.05) is 38.0 Å². The molecule has 8 nitrogen and oxygen atoms in total. The molecule has 1 atom stereocenters. The van der Waals surface area contributed by atoms with Crippen molar-refractivity contribution in [3.05, 3.63) is 59.3 Å². The summed E-state index contributed by atoms with van der Waals surface area (Å²) in [6.07, 6.45) is 3.64. The highest BCUT2D eigenvalue weighted by Crippen LogP contribution is 2.22. The van der Waals surface area contributed by atoms with Gasteiger partial charge in [0.05, 0.1) is 6.10 Å². The third-order valence-electron chi connectivity index (χ3n) is 6.97. The summed E-state index contributed by atoms with van der Waals surface area (Å²) >= 11 is 0. The number of benzene rings is 1. The third-order valence-corrected chi connectivity index (χ3v) is 6.97. The van der Waals surface area contributed by atoms with Crippen LogP contribution in [0.5, 0.6) is 0 Å². The van der Waals surface area contributed by atoms with Crippen LogP contribution in [-0.4, -0.2) is 76.6 Å². The second-order valence-electron chi connectivity index (χ2n) is 11.0. The van der Waals surface area contributed by atoms with Crippen molar-refractivity contribution in [3.63, 3.8) is 0 Å². The number of carbonyl (C=O) groups is 2. The Labute approximate surface area is 214 Å². The molecule has 8 heteroatoms. The van der Waals surface area contributed by atoms with Crippen molar-refractivity contribution in [3.8, 4) is 0 Å². The number of hydrogen-bond donors (Lipinski definition) is 3. The summed E-state index contributed by atoms with van der Waals surface area (Å²) in [7, 11) is 0. The van der Waals surface area contributed by atoms with Crippen molar-refractivity contribution >= 4 is 17.6 Å². The van der Waals surface area contributed by atoms with Gasteiger partial charge in [-0.2, -0.15) is 0 Å². The maximum atomic E-state index is 12.7. The number of nitrogens with zero attached hydrogens (tertiary/aromatic N) is 3. The van der Waals surface area contributed by atoms with Gasteiger partial charge in [0.15, 0.2) is 0 Å². The summed E-state index contributed by atoms with van der Waals surface area (Å²) < 4.78 is 0. The molecule has 0 spiro atoms. The first kappa shape index (κ1) is 26.1. The van der Waals surface area contributed by atoms with Crippen molar-refractivity contribution < 1.29 is 14.7 Å². The van der Waals surface area contributed by atoms with Gasteiger partial charge in [-0.1, -0.05) is 45.0 Å². The third kappa shape index (κ3) is 6.83. The van der Waals surface area contributed by atoms with E-state index in [4.69, 9.17) is 0 Å². The molecule has 0 bridgehead atoms. The predicted molar refractivity (Wildman–Crippen MR) is 141 cm³/mol. The molecule has 1 fully saturated rings. The molecule has 0 aliphatic carbocycles. The number of anilines is 1. The van der Waals surface area contributed by atoms with E-state index in [9.17, 15) is 14.7 Å². The van der Waals surface area contributed by atoms with Crippen LogP contribution in [0.4, 0.5) is 5.82 Å². The second kappa shape index (κ2) is 11.4. The fourth-order valence-corrected chi connectivity index (χ4v) is 4.95. The Morgan fingerprint density at radius 3 is 2.56 bits per heavy atom. The monoisotopic (exact) mass is 493 g/mol. The molecule has 2 aliphatic heterocycles. The summed E-state index contributed by atoms with van der Waals surface area (Å²) in [5.41, 5.74) is 2.83. The molecule has 194 valence electrons. The largest absolute Gasteiger partial charge is 0.390 e. The fourth-order valence-electron chi connectivity index (χ4n) is 4.95. The molecule has 3 N–H and O–H groups in total. The Hall–Kier alpha value is -2.97. The zero-order valence-corrected chi connectivity index (χ0v) is 21.7. The van der Waals surface area contributed by atoms with Crippen LogP contribution >= 0.6 is 0 Å². The summed E-state index contributed by atoms with van der Waals surface area (Å²) in [4.78, 5) is 33.8. The van der Waals surface area contributed by atoms with Crippen LogP contribution in [0.3, 0.4) is 0 Å². The number of rotatable bonds is 7. The van der Waals surface area contributed by atoms with E-state index >= 15 is 0 Å². The second-order valence-corrected chi connectivity index (χ2v) is 11.0. The summed E-state index contributed by atoms with van der Waals surface area (Å²) in [5.74, 6) is 0.606. The standard InChI is InChI=1S/C28H39N5O3/c1-28(2,3)27(36)33-14-10-23(11-15-33)31-25-16-21(8-12-29-25)26(35)30-17-24(34)19-32-13-9-20-6-4-5-7-22(20)18-32/h4-8,12,16,23-24,34H,9-11,13-15,17-19H2,1-3H3,(H,29,31)(H,30,35). The summed E-state index contributed by atoms with van der Waals surface area (Å²) in [6.45, 7) is 9.73. The van der Waals surface area contributed by atoms with E-state index in [-0.39, 0.29) is 29.8 Å².